The zero-order chi connectivity index (χ0) is 17.4. The number of amides is 2. The van der Waals surface area contributed by atoms with Crippen LogP contribution in [0.1, 0.15) is 0 Å². The normalized spacial score (nSPS) is 17.1. The molecule has 26 heavy (non-hydrogen) atoms. The van der Waals surface area contributed by atoms with Crippen molar-refractivity contribution in [2.45, 2.75) is 9.79 Å². The third kappa shape index (κ3) is 3.40. The minimum atomic E-state index is -0.0720. The number of rotatable bonds is 1. The Morgan fingerprint density at radius 3 is 2.54 bits per heavy atom. The summed E-state index contributed by atoms with van der Waals surface area (Å²) in [4.78, 5) is 23.9. The molecule has 0 N–H and O–H groups in total. The monoisotopic (exact) mass is 391 g/mol. The molecule has 2 aliphatic heterocycles. The molecule has 0 unspecified atom stereocenters. The Balaban J connectivity index is 0.00000196. The fourth-order valence-corrected chi connectivity index (χ4v) is 4.18. The molecule has 0 saturated carbocycles. The van der Waals surface area contributed by atoms with E-state index >= 15 is 0 Å². The molecule has 8 heteroatoms. The summed E-state index contributed by atoms with van der Waals surface area (Å²) in [6.45, 7) is 3.61. The van der Waals surface area contributed by atoms with Gasteiger partial charge in [0.05, 0.1) is 10.6 Å². The van der Waals surface area contributed by atoms with Crippen molar-refractivity contribution in [1.29, 1.82) is 0 Å². The first-order valence-electron chi connectivity index (χ1n) is 8.38. The first-order chi connectivity index (χ1) is 12.1. The number of likely N-dealkylation sites (N-methyl/N-ethyl adjacent to an activating group) is 1. The Morgan fingerprint density at radius 1 is 1.08 bits per heavy atom. The molecule has 0 spiro atoms. The second-order valence-corrected chi connectivity index (χ2v) is 7.38. The number of piperazine rings is 1. The zero-order valence-electron chi connectivity index (χ0n) is 14.8. The topological polar surface area (TPSA) is 42.9 Å². The number of carbonyl (C=O) groups is 1. The van der Waals surface area contributed by atoms with E-state index in [1.54, 1.807) is 27.9 Å². The van der Waals surface area contributed by atoms with E-state index in [9.17, 15) is 4.79 Å². The van der Waals surface area contributed by atoms with Crippen molar-refractivity contribution in [3.8, 4) is 0 Å². The second kappa shape index (κ2) is 7.84. The molecular weight excluding hydrogens is 370 g/mol. The van der Waals surface area contributed by atoms with Gasteiger partial charge in [-0.2, -0.15) is 0 Å². The number of anilines is 2. The number of fused-ring (bicyclic) bond motifs is 2. The molecule has 2 aliphatic rings. The van der Waals surface area contributed by atoms with Gasteiger partial charge >= 0.3 is 6.03 Å². The van der Waals surface area contributed by atoms with Gasteiger partial charge in [-0.1, -0.05) is 23.9 Å². The average Bonchev–Trinajstić information content (AvgIpc) is 2.65. The van der Waals surface area contributed by atoms with E-state index < -0.39 is 0 Å². The number of nitrogens with zero attached hydrogens (tertiary/aromatic N) is 5. The predicted molar refractivity (Wildman–Crippen MR) is 106 cm³/mol. The van der Waals surface area contributed by atoms with E-state index in [0.717, 1.165) is 41.7 Å². The molecule has 2 aromatic rings. The molecule has 3 heterocycles. The SMILES string of the molecule is CN1CCN(N(C)C(=O)N2c3ccccc3Sc3cccnc32)CC1.Cl. The Hall–Kier alpha value is -1.80. The standard InChI is InChI=1S/C18H21N5OS.ClH/c1-20-10-12-22(13-11-20)21(2)18(24)23-14-6-3-4-7-15(14)25-16-8-5-9-19-17(16)23;/h3-9H,10-13H2,1-2H3;1H. The first kappa shape index (κ1) is 19.0. The minimum Gasteiger partial charge on any atom is -0.304 e. The summed E-state index contributed by atoms with van der Waals surface area (Å²) in [7, 11) is 3.96. The van der Waals surface area contributed by atoms with E-state index in [0.29, 0.717) is 5.82 Å². The van der Waals surface area contributed by atoms with Crippen molar-refractivity contribution >= 4 is 41.7 Å². The van der Waals surface area contributed by atoms with Crippen molar-refractivity contribution in [3.63, 3.8) is 0 Å². The lowest BCUT2D eigenvalue weighted by atomic mass is 10.2. The van der Waals surface area contributed by atoms with Gasteiger partial charge in [-0.3, -0.25) is 5.01 Å². The Kier molecular flexibility index (Phi) is 5.72. The zero-order valence-corrected chi connectivity index (χ0v) is 16.5. The van der Waals surface area contributed by atoms with Gasteiger partial charge in [-0.05, 0) is 31.3 Å². The van der Waals surface area contributed by atoms with E-state index in [1.165, 1.54) is 0 Å². The smallest absolute Gasteiger partial charge is 0.304 e. The molecule has 0 aliphatic carbocycles. The molecular formula is C18H22ClN5OS. The second-order valence-electron chi connectivity index (χ2n) is 6.29. The lowest BCUT2D eigenvalue weighted by Crippen LogP contribution is -2.55. The molecule has 6 nitrogen and oxygen atoms in total. The number of para-hydroxylation sites is 1. The van der Waals surface area contributed by atoms with Crippen LogP contribution >= 0.6 is 24.2 Å². The highest BCUT2D eigenvalue weighted by atomic mass is 35.5. The van der Waals surface area contributed by atoms with Gasteiger partial charge in [0.25, 0.3) is 0 Å². The number of urea groups is 1. The lowest BCUT2D eigenvalue weighted by Gasteiger charge is -2.40. The van der Waals surface area contributed by atoms with Crippen LogP contribution in [0.25, 0.3) is 0 Å². The largest absolute Gasteiger partial charge is 0.344 e. The highest BCUT2D eigenvalue weighted by Gasteiger charge is 2.33. The van der Waals surface area contributed by atoms with Crippen LogP contribution in [0.3, 0.4) is 0 Å². The maximum absolute atomic E-state index is 13.4. The maximum atomic E-state index is 13.4. The quantitative estimate of drug-likeness (QED) is 0.746. The maximum Gasteiger partial charge on any atom is 0.344 e. The van der Waals surface area contributed by atoms with Gasteiger partial charge in [0, 0.05) is 44.3 Å². The summed E-state index contributed by atoms with van der Waals surface area (Å²) >= 11 is 1.66. The molecule has 4 rings (SSSR count). The Morgan fingerprint density at radius 2 is 1.77 bits per heavy atom. The van der Waals surface area contributed by atoms with E-state index in [-0.39, 0.29) is 18.4 Å². The summed E-state index contributed by atoms with van der Waals surface area (Å²) < 4.78 is 0. The van der Waals surface area contributed by atoms with Gasteiger partial charge in [-0.25, -0.2) is 19.7 Å². The molecule has 0 atom stereocenters. The fraction of sp³-hybridized carbons (Fsp3) is 0.333. The summed E-state index contributed by atoms with van der Waals surface area (Å²) in [5, 5.41) is 3.84. The molecule has 2 amide bonds. The van der Waals surface area contributed by atoms with Crippen LogP contribution < -0.4 is 4.90 Å². The number of benzene rings is 1. The van der Waals surface area contributed by atoms with Gasteiger partial charge in [0.1, 0.15) is 0 Å². The fourth-order valence-electron chi connectivity index (χ4n) is 3.15. The number of hydrogen-bond acceptors (Lipinski definition) is 5. The number of aromatic nitrogens is 1. The van der Waals surface area contributed by atoms with Gasteiger partial charge < -0.3 is 4.90 Å². The minimum absolute atomic E-state index is 0. The highest BCUT2D eigenvalue weighted by Crippen LogP contribution is 2.47. The summed E-state index contributed by atoms with van der Waals surface area (Å²) in [6, 6.07) is 11.8. The van der Waals surface area contributed by atoms with Gasteiger partial charge in [0.2, 0.25) is 0 Å². The third-order valence-electron chi connectivity index (χ3n) is 4.66. The van der Waals surface area contributed by atoms with Crippen LogP contribution in [0.15, 0.2) is 52.4 Å². The van der Waals surface area contributed by atoms with Crippen LogP contribution in [-0.2, 0) is 0 Å². The summed E-state index contributed by atoms with van der Waals surface area (Å²) in [5.74, 6) is 0.706. The van der Waals surface area contributed by atoms with Crippen LogP contribution in [0.2, 0.25) is 0 Å². The van der Waals surface area contributed by atoms with Crippen LogP contribution in [0.4, 0.5) is 16.3 Å². The number of halogens is 1. The predicted octanol–water partition coefficient (Wildman–Crippen LogP) is 3.32. The molecule has 1 fully saturated rings. The van der Waals surface area contributed by atoms with Crippen molar-refractivity contribution in [1.82, 2.24) is 19.9 Å². The van der Waals surface area contributed by atoms with Crippen LogP contribution in [0.5, 0.6) is 0 Å². The molecule has 0 bridgehead atoms. The van der Waals surface area contributed by atoms with Gasteiger partial charge in [-0.15, -0.1) is 12.4 Å². The van der Waals surface area contributed by atoms with E-state index in [1.807, 2.05) is 43.4 Å². The van der Waals surface area contributed by atoms with E-state index in [4.69, 9.17) is 0 Å². The Labute approximate surface area is 164 Å². The van der Waals surface area contributed by atoms with Gasteiger partial charge in [0.15, 0.2) is 5.82 Å². The lowest BCUT2D eigenvalue weighted by molar-refractivity contribution is 0.00214. The van der Waals surface area contributed by atoms with Crippen molar-refractivity contribution < 1.29 is 4.79 Å². The third-order valence-corrected chi connectivity index (χ3v) is 5.76. The number of pyridine rings is 1. The summed E-state index contributed by atoms with van der Waals surface area (Å²) in [6.07, 6.45) is 1.74. The molecule has 0 radical (unpaired) electrons. The Bertz CT molecular complexity index is 751. The van der Waals surface area contributed by atoms with Crippen molar-refractivity contribution in [2.24, 2.45) is 0 Å². The molecule has 138 valence electrons. The molecule has 1 aromatic carbocycles. The number of hydrogen-bond donors (Lipinski definition) is 0. The van der Waals surface area contributed by atoms with Crippen molar-refractivity contribution in [3.05, 3.63) is 42.6 Å². The summed E-state index contributed by atoms with van der Waals surface area (Å²) in [5.41, 5.74) is 0.893. The average molecular weight is 392 g/mol. The van der Waals surface area contributed by atoms with Crippen molar-refractivity contribution in [2.75, 3.05) is 45.2 Å². The molecule has 1 aromatic heterocycles. The first-order valence-corrected chi connectivity index (χ1v) is 9.20. The van der Waals surface area contributed by atoms with Crippen LogP contribution in [-0.4, -0.2) is 66.2 Å². The van der Waals surface area contributed by atoms with Crippen LogP contribution in [0, 0.1) is 0 Å². The highest BCUT2D eigenvalue weighted by molar-refractivity contribution is 7.99. The number of hydrazine groups is 1. The van der Waals surface area contributed by atoms with E-state index in [2.05, 4.69) is 21.9 Å². The molecule has 1 saturated heterocycles. The number of carbonyl (C=O) groups excluding carboxylic acids is 1.